The van der Waals surface area contributed by atoms with Gasteiger partial charge < -0.3 is 10.4 Å². The van der Waals surface area contributed by atoms with E-state index < -0.39 is 0 Å². The van der Waals surface area contributed by atoms with Gasteiger partial charge in [0.2, 0.25) is 5.91 Å². The highest BCUT2D eigenvalue weighted by Gasteiger charge is 2.14. The van der Waals surface area contributed by atoms with Gasteiger partial charge in [-0.25, -0.2) is 0 Å². The number of rotatable bonds is 7. The number of allylic oxidation sites excluding steroid dienone is 2. The molecule has 1 aliphatic carbocycles. The van der Waals surface area contributed by atoms with E-state index in [-0.39, 0.29) is 12.5 Å². The van der Waals surface area contributed by atoms with Crippen molar-refractivity contribution in [3.05, 3.63) is 12.2 Å². The molecule has 1 amide bonds. The minimum absolute atomic E-state index is 0.146. The van der Waals surface area contributed by atoms with Gasteiger partial charge in [-0.1, -0.05) is 25.5 Å². The molecule has 1 rings (SSSR count). The minimum atomic E-state index is 0.146. The number of amides is 1. The van der Waals surface area contributed by atoms with Crippen molar-refractivity contribution >= 4 is 5.91 Å². The number of hydrogen-bond acceptors (Lipinski definition) is 2. The molecule has 0 bridgehead atoms. The van der Waals surface area contributed by atoms with Gasteiger partial charge in [0.15, 0.2) is 0 Å². The van der Waals surface area contributed by atoms with E-state index in [9.17, 15) is 4.79 Å². The topological polar surface area (TPSA) is 49.3 Å². The maximum absolute atomic E-state index is 11.6. The first-order valence-electron chi connectivity index (χ1n) is 6.30. The summed E-state index contributed by atoms with van der Waals surface area (Å²) in [5, 5.41) is 11.8. The smallest absolute Gasteiger partial charge is 0.220 e. The van der Waals surface area contributed by atoms with Crippen molar-refractivity contribution in [3.8, 4) is 0 Å². The van der Waals surface area contributed by atoms with E-state index in [1.54, 1.807) is 0 Å². The zero-order chi connectivity index (χ0) is 11.8. The van der Waals surface area contributed by atoms with E-state index in [1.807, 2.05) is 0 Å². The van der Waals surface area contributed by atoms with Crippen LogP contribution in [-0.4, -0.2) is 24.2 Å². The highest BCUT2D eigenvalue weighted by Crippen LogP contribution is 2.20. The molecule has 0 aromatic rings. The quantitative estimate of drug-likeness (QED) is 0.650. The van der Waals surface area contributed by atoms with Gasteiger partial charge >= 0.3 is 0 Å². The second-order valence-corrected chi connectivity index (χ2v) is 4.56. The van der Waals surface area contributed by atoms with Crippen LogP contribution in [-0.2, 0) is 4.79 Å². The van der Waals surface area contributed by atoms with Crippen molar-refractivity contribution in [2.75, 3.05) is 13.2 Å². The van der Waals surface area contributed by atoms with Crippen molar-refractivity contribution < 1.29 is 9.90 Å². The molecule has 3 nitrogen and oxygen atoms in total. The summed E-state index contributed by atoms with van der Waals surface area (Å²) in [5.74, 6) is 0.999. The standard InChI is InChI=1S/C13H23NO2/c1-2-11(7-8-15)10-14-13(16)9-12-5-3-4-6-12/h3,5,11-12,15H,2,4,6-10H2,1H3,(H,14,16). The number of nitrogens with one attached hydrogen (secondary N) is 1. The predicted molar refractivity (Wildman–Crippen MR) is 65.0 cm³/mol. The van der Waals surface area contributed by atoms with Crippen LogP contribution < -0.4 is 5.32 Å². The highest BCUT2D eigenvalue weighted by atomic mass is 16.3. The second kappa shape index (κ2) is 7.44. The summed E-state index contributed by atoms with van der Waals surface area (Å²) in [6.45, 7) is 3.00. The van der Waals surface area contributed by atoms with Crippen LogP contribution in [0.3, 0.4) is 0 Å². The van der Waals surface area contributed by atoms with Gasteiger partial charge in [0.05, 0.1) is 0 Å². The van der Waals surface area contributed by atoms with Crippen LogP contribution in [0.5, 0.6) is 0 Å². The molecule has 0 radical (unpaired) electrons. The van der Waals surface area contributed by atoms with E-state index in [0.29, 0.717) is 24.8 Å². The molecular formula is C13H23NO2. The van der Waals surface area contributed by atoms with Crippen molar-refractivity contribution in [1.29, 1.82) is 0 Å². The molecule has 2 unspecified atom stereocenters. The lowest BCUT2D eigenvalue weighted by Crippen LogP contribution is -2.30. The Morgan fingerprint density at radius 1 is 1.62 bits per heavy atom. The van der Waals surface area contributed by atoms with Crippen molar-refractivity contribution in [2.45, 2.75) is 39.0 Å². The summed E-state index contributed by atoms with van der Waals surface area (Å²) in [5.41, 5.74) is 0. The van der Waals surface area contributed by atoms with Crippen LogP contribution >= 0.6 is 0 Å². The largest absolute Gasteiger partial charge is 0.396 e. The van der Waals surface area contributed by atoms with Crippen LogP contribution in [0.2, 0.25) is 0 Å². The molecule has 1 aliphatic rings. The third kappa shape index (κ3) is 4.79. The molecule has 2 atom stereocenters. The Balaban J connectivity index is 2.15. The third-order valence-electron chi connectivity index (χ3n) is 3.26. The molecule has 16 heavy (non-hydrogen) atoms. The van der Waals surface area contributed by atoms with Gasteiger partial charge in [-0.3, -0.25) is 4.79 Å². The van der Waals surface area contributed by atoms with Gasteiger partial charge in [0, 0.05) is 19.6 Å². The predicted octanol–water partition coefficient (Wildman–Crippen LogP) is 1.87. The molecule has 0 spiro atoms. The van der Waals surface area contributed by atoms with Crippen LogP contribution in [0.15, 0.2) is 12.2 Å². The van der Waals surface area contributed by atoms with Gasteiger partial charge in [0.1, 0.15) is 0 Å². The fraction of sp³-hybridized carbons (Fsp3) is 0.769. The molecule has 0 heterocycles. The Morgan fingerprint density at radius 3 is 3.00 bits per heavy atom. The summed E-state index contributed by atoms with van der Waals surface area (Å²) >= 11 is 0. The molecule has 0 aliphatic heterocycles. The normalized spacial score (nSPS) is 21.0. The maximum atomic E-state index is 11.6. The second-order valence-electron chi connectivity index (χ2n) is 4.56. The third-order valence-corrected chi connectivity index (χ3v) is 3.26. The molecule has 0 saturated carbocycles. The summed E-state index contributed by atoms with van der Waals surface area (Å²) < 4.78 is 0. The van der Waals surface area contributed by atoms with Gasteiger partial charge in [-0.2, -0.15) is 0 Å². The lowest BCUT2D eigenvalue weighted by atomic mass is 10.0. The summed E-state index contributed by atoms with van der Waals surface area (Å²) in [4.78, 5) is 11.6. The summed E-state index contributed by atoms with van der Waals surface area (Å²) in [6.07, 6.45) is 8.92. The summed E-state index contributed by atoms with van der Waals surface area (Å²) in [7, 11) is 0. The first-order chi connectivity index (χ1) is 7.76. The monoisotopic (exact) mass is 225 g/mol. The molecule has 0 saturated heterocycles. The number of aliphatic hydroxyl groups is 1. The van der Waals surface area contributed by atoms with Crippen molar-refractivity contribution in [1.82, 2.24) is 5.32 Å². The van der Waals surface area contributed by atoms with E-state index in [0.717, 1.165) is 25.7 Å². The number of aliphatic hydroxyl groups excluding tert-OH is 1. The number of carbonyl (C=O) groups is 1. The van der Waals surface area contributed by atoms with Crippen LogP contribution in [0.25, 0.3) is 0 Å². The minimum Gasteiger partial charge on any atom is -0.396 e. The lowest BCUT2D eigenvalue weighted by Gasteiger charge is -2.15. The van der Waals surface area contributed by atoms with E-state index in [4.69, 9.17) is 5.11 Å². The Morgan fingerprint density at radius 2 is 2.44 bits per heavy atom. The van der Waals surface area contributed by atoms with Crippen LogP contribution in [0.1, 0.15) is 39.0 Å². The zero-order valence-electron chi connectivity index (χ0n) is 10.1. The Kier molecular flexibility index (Phi) is 6.16. The first kappa shape index (κ1) is 13.2. The SMILES string of the molecule is CCC(CCO)CNC(=O)CC1C=CCC1. The van der Waals surface area contributed by atoms with Crippen LogP contribution in [0.4, 0.5) is 0 Å². The van der Waals surface area contributed by atoms with Gasteiger partial charge in [-0.15, -0.1) is 0 Å². The number of hydrogen-bond donors (Lipinski definition) is 2. The van der Waals surface area contributed by atoms with E-state index >= 15 is 0 Å². The average molecular weight is 225 g/mol. The molecule has 0 aromatic heterocycles. The van der Waals surface area contributed by atoms with Crippen molar-refractivity contribution in [2.24, 2.45) is 11.8 Å². The highest BCUT2D eigenvalue weighted by molar-refractivity contribution is 5.76. The fourth-order valence-corrected chi connectivity index (χ4v) is 2.07. The molecule has 92 valence electrons. The van der Waals surface area contributed by atoms with E-state index in [2.05, 4.69) is 24.4 Å². The van der Waals surface area contributed by atoms with E-state index in [1.165, 1.54) is 0 Å². The average Bonchev–Trinajstić information content (AvgIpc) is 2.76. The van der Waals surface area contributed by atoms with Gasteiger partial charge in [-0.05, 0) is 31.1 Å². The molecule has 3 heteroatoms. The summed E-state index contributed by atoms with van der Waals surface area (Å²) in [6, 6.07) is 0. The zero-order valence-corrected chi connectivity index (χ0v) is 10.1. The van der Waals surface area contributed by atoms with Gasteiger partial charge in [0.25, 0.3) is 0 Å². The van der Waals surface area contributed by atoms with Crippen molar-refractivity contribution in [3.63, 3.8) is 0 Å². The Labute approximate surface area is 97.9 Å². The molecule has 0 aromatic carbocycles. The molecule has 0 fully saturated rings. The Bertz CT molecular complexity index is 238. The number of carbonyl (C=O) groups excluding carboxylic acids is 1. The Hall–Kier alpha value is -0.830. The molecular weight excluding hydrogens is 202 g/mol. The maximum Gasteiger partial charge on any atom is 0.220 e. The fourth-order valence-electron chi connectivity index (χ4n) is 2.07. The lowest BCUT2D eigenvalue weighted by molar-refractivity contribution is -0.121. The first-order valence-corrected chi connectivity index (χ1v) is 6.30. The molecule has 2 N–H and O–H groups in total. The van der Waals surface area contributed by atoms with Crippen LogP contribution in [0, 0.1) is 11.8 Å².